The second-order valence-corrected chi connectivity index (χ2v) is 4.39. The van der Waals surface area contributed by atoms with Gasteiger partial charge in [-0.15, -0.1) is 0 Å². The molecule has 3 N–H and O–H groups in total. The molecule has 0 amide bonds. The fraction of sp³-hybridized carbons (Fsp3) is 0.900. The number of nitrogens with two attached hydrogens (primary N) is 1. The third-order valence-electron chi connectivity index (χ3n) is 2.14. The molecule has 1 atom stereocenters. The average molecular weight is 218 g/mol. The summed E-state index contributed by atoms with van der Waals surface area (Å²) in [6.45, 7) is 3.82. The molecule has 0 radical (unpaired) electrons. The molecule has 0 aliphatic heterocycles. The maximum atomic E-state index is 9.09. The van der Waals surface area contributed by atoms with Gasteiger partial charge in [0, 0.05) is 6.54 Å². The van der Waals surface area contributed by atoms with E-state index in [9.17, 15) is 0 Å². The Labute approximate surface area is 92.3 Å². The highest BCUT2D eigenvalue weighted by Gasteiger charge is 2.01. The van der Waals surface area contributed by atoms with Gasteiger partial charge in [-0.1, -0.05) is 12.2 Å². The predicted molar refractivity (Wildman–Crippen MR) is 64.4 cm³/mol. The number of hydrogen-bond donors (Lipinski definition) is 2. The van der Waals surface area contributed by atoms with Crippen LogP contribution in [0.3, 0.4) is 0 Å². The van der Waals surface area contributed by atoms with Crippen molar-refractivity contribution in [2.45, 2.75) is 38.7 Å². The van der Waals surface area contributed by atoms with Gasteiger partial charge < -0.3 is 15.7 Å². The smallest absolute Gasteiger partial charge is 0.0727 e. The van der Waals surface area contributed by atoms with E-state index in [0.29, 0.717) is 4.99 Å². The summed E-state index contributed by atoms with van der Waals surface area (Å²) in [6.07, 6.45) is 3.67. The summed E-state index contributed by atoms with van der Waals surface area (Å²) in [4.78, 5) is 2.84. The van der Waals surface area contributed by atoms with Gasteiger partial charge in [-0.3, -0.25) is 0 Å². The zero-order valence-corrected chi connectivity index (χ0v) is 10.0. The Balaban J connectivity index is 3.26. The summed E-state index contributed by atoms with van der Waals surface area (Å²) in [5.74, 6) is 0. The Hall–Kier alpha value is -0.190. The number of aliphatic hydroxyl groups excluding tert-OH is 1. The first-order valence-corrected chi connectivity index (χ1v) is 5.58. The van der Waals surface area contributed by atoms with Gasteiger partial charge in [-0.05, 0) is 46.2 Å². The first-order valence-electron chi connectivity index (χ1n) is 5.17. The van der Waals surface area contributed by atoms with Crippen molar-refractivity contribution in [3.63, 3.8) is 0 Å². The van der Waals surface area contributed by atoms with Crippen molar-refractivity contribution in [3.8, 4) is 0 Å². The molecule has 0 aromatic rings. The number of nitrogens with zero attached hydrogens (tertiary/aromatic N) is 1. The molecule has 84 valence electrons. The summed E-state index contributed by atoms with van der Waals surface area (Å²) < 4.78 is 0. The molecular formula is C10H22N2OS. The number of hydrogen-bond acceptors (Lipinski definition) is 3. The molecule has 4 heteroatoms. The number of rotatable bonds is 8. The molecule has 3 nitrogen and oxygen atoms in total. The standard InChI is InChI=1S/C10H22N2OS/c1-9(13)6-8-12(2)7-4-3-5-10(11)14/h9,13H,3-8H2,1-2H3,(H2,11,14). The van der Waals surface area contributed by atoms with Crippen LogP contribution in [0.15, 0.2) is 0 Å². The van der Waals surface area contributed by atoms with Crippen molar-refractivity contribution in [3.05, 3.63) is 0 Å². The maximum absolute atomic E-state index is 9.09. The molecule has 1 unspecified atom stereocenters. The van der Waals surface area contributed by atoms with Crippen LogP contribution < -0.4 is 5.73 Å². The Bertz CT molecular complexity index is 162. The number of thiocarbonyl (C=S) groups is 1. The quantitative estimate of drug-likeness (QED) is 0.474. The zero-order chi connectivity index (χ0) is 11.0. The molecule has 0 aliphatic carbocycles. The summed E-state index contributed by atoms with van der Waals surface area (Å²) in [5, 5.41) is 9.09. The molecule has 0 spiro atoms. The van der Waals surface area contributed by atoms with Crippen LogP contribution in [0, 0.1) is 0 Å². The van der Waals surface area contributed by atoms with E-state index in [1.807, 2.05) is 6.92 Å². The van der Waals surface area contributed by atoms with E-state index in [1.54, 1.807) is 0 Å². The van der Waals surface area contributed by atoms with Crippen LogP contribution in [-0.4, -0.2) is 41.2 Å². The number of unbranched alkanes of at least 4 members (excludes halogenated alkanes) is 1. The summed E-state index contributed by atoms with van der Waals surface area (Å²) in [6, 6.07) is 0. The van der Waals surface area contributed by atoms with E-state index in [-0.39, 0.29) is 6.10 Å². The Morgan fingerprint density at radius 3 is 2.57 bits per heavy atom. The van der Waals surface area contributed by atoms with Gasteiger partial charge in [-0.2, -0.15) is 0 Å². The van der Waals surface area contributed by atoms with Gasteiger partial charge in [0.05, 0.1) is 11.1 Å². The third-order valence-corrected chi connectivity index (χ3v) is 2.35. The minimum atomic E-state index is -0.200. The van der Waals surface area contributed by atoms with Gasteiger partial charge in [0.1, 0.15) is 0 Å². The molecule has 0 aromatic carbocycles. The van der Waals surface area contributed by atoms with Crippen molar-refractivity contribution in [1.29, 1.82) is 0 Å². The van der Waals surface area contributed by atoms with E-state index >= 15 is 0 Å². The van der Waals surface area contributed by atoms with Gasteiger partial charge in [0.25, 0.3) is 0 Å². The van der Waals surface area contributed by atoms with Crippen molar-refractivity contribution in [2.75, 3.05) is 20.1 Å². The topological polar surface area (TPSA) is 49.5 Å². The van der Waals surface area contributed by atoms with Crippen LogP contribution in [0.1, 0.15) is 32.6 Å². The monoisotopic (exact) mass is 218 g/mol. The van der Waals surface area contributed by atoms with Gasteiger partial charge in [-0.25, -0.2) is 0 Å². The van der Waals surface area contributed by atoms with Crippen LogP contribution in [0.5, 0.6) is 0 Å². The normalized spacial score (nSPS) is 13.1. The van der Waals surface area contributed by atoms with E-state index in [4.69, 9.17) is 23.1 Å². The summed E-state index contributed by atoms with van der Waals surface area (Å²) in [5.41, 5.74) is 5.39. The highest BCUT2D eigenvalue weighted by Crippen LogP contribution is 1.99. The Kier molecular flexibility index (Phi) is 8.04. The molecule has 0 aromatic heterocycles. The Morgan fingerprint density at radius 1 is 1.43 bits per heavy atom. The van der Waals surface area contributed by atoms with E-state index in [2.05, 4.69) is 11.9 Å². The second kappa shape index (κ2) is 8.15. The van der Waals surface area contributed by atoms with E-state index in [0.717, 1.165) is 38.8 Å². The van der Waals surface area contributed by atoms with Crippen LogP contribution in [0.25, 0.3) is 0 Å². The first-order chi connectivity index (χ1) is 6.52. The lowest BCUT2D eigenvalue weighted by Crippen LogP contribution is -2.23. The maximum Gasteiger partial charge on any atom is 0.0727 e. The Morgan fingerprint density at radius 2 is 2.07 bits per heavy atom. The van der Waals surface area contributed by atoms with Crippen LogP contribution in [0.2, 0.25) is 0 Å². The lowest BCUT2D eigenvalue weighted by Gasteiger charge is -2.17. The molecule has 0 saturated carbocycles. The lowest BCUT2D eigenvalue weighted by atomic mass is 10.2. The largest absolute Gasteiger partial charge is 0.393 e. The van der Waals surface area contributed by atoms with Crippen LogP contribution in [-0.2, 0) is 0 Å². The molecule has 0 bridgehead atoms. The first kappa shape index (κ1) is 13.8. The van der Waals surface area contributed by atoms with Crippen LogP contribution >= 0.6 is 12.2 Å². The molecule has 14 heavy (non-hydrogen) atoms. The highest BCUT2D eigenvalue weighted by atomic mass is 32.1. The average Bonchev–Trinajstić information content (AvgIpc) is 2.08. The third kappa shape index (κ3) is 9.89. The summed E-state index contributed by atoms with van der Waals surface area (Å²) in [7, 11) is 2.07. The molecule has 0 saturated heterocycles. The lowest BCUT2D eigenvalue weighted by molar-refractivity contribution is 0.164. The second-order valence-electron chi connectivity index (χ2n) is 3.86. The van der Waals surface area contributed by atoms with Crippen molar-refractivity contribution in [2.24, 2.45) is 5.73 Å². The minimum absolute atomic E-state index is 0.200. The molecule has 0 aliphatic rings. The molecule has 0 fully saturated rings. The zero-order valence-electron chi connectivity index (χ0n) is 9.20. The van der Waals surface area contributed by atoms with Gasteiger partial charge >= 0.3 is 0 Å². The fourth-order valence-electron chi connectivity index (χ4n) is 1.20. The highest BCUT2D eigenvalue weighted by molar-refractivity contribution is 7.80. The van der Waals surface area contributed by atoms with Crippen molar-refractivity contribution < 1.29 is 5.11 Å². The van der Waals surface area contributed by atoms with Gasteiger partial charge in [0.2, 0.25) is 0 Å². The van der Waals surface area contributed by atoms with Crippen molar-refractivity contribution in [1.82, 2.24) is 4.90 Å². The van der Waals surface area contributed by atoms with Crippen LogP contribution in [0.4, 0.5) is 0 Å². The van der Waals surface area contributed by atoms with E-state index in [1.165, 1.54) is 0 Å². The fourth-order valence-corrected chi connectivity index (χ4v) is 1.34. The van der Waals surface area contributed by atoms with E-state index < -0.39 is 0 Å². The molecule has 0 heterocycles. The summed E-state index contributed by atoms with van der Waals surface area (Å²) >= 11 is 4.79. The van der Waals surface area contributed by atoms with Crippen molar-refractivity contribution >= 4 is 17.2 Å². The minimum Gasteiger partial charge on any atom is -0.393 e. The number of aliphatic hydroxyl groups is 1. The predicted octanol–water partition coefficient (Wildman–Crippen LogP) is 1.15. The van der Waals surface area contributed by atoms with Gasteiger partial charge in [0.15, 0.2) is 0 Å². The molecule has 0 rings (SSSR count). The SMILES string of the molecule is CC(O)CCN(C)CCCCC(N)=S. The molecular weight excluding hydrogens is 196 g/mol.